The van der Waals surface area contributed by atoms with Gasteiger partial charge in [-0.15, -0.1) is 0 Å². The molecule has 0 aliphatic heterocycles. The lowest BCUT2D eigenvalue weighted by Crippen LogP contribution is -2.38. The van der Waals surface area contributed by atoms with Crippen LogP contribution >= 0.6 is 27.5 Å². The summed E-state index contributed by atoms with van der Waals surface area (Å²) >= 11 is 9.55. The number of benzene rings is 3. The molecule has 4 aromatic rings. The zero-order chi connectivity index (χ0) is 24.9. The van der Waals surface area contributed by atoms with Gasteiger partial charge >= 0.3 is 0 Å². The van der Waals surface area contributed by atoms with E-state index < -0.39 is 5.91 Å². The molecular formula is C25H20BrClN4O4. The number of ether oxygens (including phenoxy) is 1. The number of halogens is 2. The summed E-state index contributed by atoms with van der Waals surface area (Å²) in [6.07, 6.45) is 2.90. The lowest BCUT2D eigenvalue weighted by molar-refractivity contribution is -0.117. The zero-order valence-electron chi connectivity index (χ0n) is 18.5. The molecule has 0 fully saturated rings. The van der Waals surface area contributed by atoms with Crippen molar-refractivity contribution >= 4 is 50.4 Å². The highest BCUT2D eigenvalue weighted by Crippen LogP contribution is 2.26. The van der Waals surface area contributed by atoms with Gasteiger partial charge in [-0.3, -0.25) is 19.6 Å². The number of carbonyl (C=O) groups is 1. The topological polar surface area (TPSA) is 105 Å². The van der Waals surface area contributed by atoms with Crippen LogP contribution in [0.4, 0.5) is 0 Å². The van der Waals surface area contributed by atoms with Crippen molar-refractivity contribution in [3.05, 3.63) is 98.0 Å². The number of hydrogen-bond donors (Lipinski definition) is 3. The van der Waals surface area contributed by atoms with Crippen molar-refractivity contribution in [3.63, 3.8) is 0 Å². The van der Waals surface area contributed by atoms with Gasteiger partial charge in [0.2, 0.25) is 0 Å². The lowest BCUT2D eigenvalue weighted by Gasteiger charge is -2.15. The van der Waals surface area contributed by atoms with Crippen molar-refractivity contribution in [1.82, 2.24) is 20.4 Å². The molecule has 3 aromatic carbocycles. The van der Waals surface area contributed by atoms with Crippen LogP contribution in [-0.2, 0) is 11.3 Å². The average molecular weight is 556 g/mol. The summed E-state index contributed by atoms with van der Waals surface area (Å²) in [5.74, 6) is 0.286. The summed E-state index contributed by atoms with van der Waals surface area (Å²) in [6, 6.07) is 16.9. The smallest absolute Gasteiger partial charge is 0.266 e. The van der Waals surface area contributed by atoms with Crippen molar-refractivity contribution in [2.75, 3.05) is 7.11 Å². The van der Waals surface area contributed by atoms with Gasteiger partial charge in [-0.1, -0.05) is 39.7 Å². The third kappa shape index (κ3) is 5.71. The molecule has 3 N–H and O–H groups in total. The molecule has 0 aliphatic carbocycles. The maximum atomic E-state index is 13.4. The molecule has 0 bridgehead atoms. The van der Waals surface area contributed by atoms with E-state index in [0.717, 1.165) is 4.47 Å². The van der Waals surface area contributed by atoms with Crippen molar-refractivity contribution in [3.8, 4) is 17.2 Å². The Balaban J connectivity index is 1.56. The van der Waals surface area contributed by atoms with E-state index in [1.54, 1.807) is 60.7 Å². The first-order valence-corrected chi connectivity index (χ1v) is 11.6. The van der Waals surface area contributed by atoms with Crippen LogP contribution in [-0.4, -0.2) is 27.7 Å². The Hall–Kier alpha value is -3.66. The predicted octanol–water partition coefficient (Wildman–Crippen LogP) is 4.35. The van der Waals surface area contributed by atoms with Crippen LogP contribution in [0, 0.1) is 0 Å². The molecule has 0 saturated heterocycles. The fourth-order valence-corrected chi connectivity index (χ4v) is 3.97. The van der Waals surface area contributed by atoms with Gasteiger partial charge in [0.1, 0.15) is 5.82 Å². The summed E-state index contributed by atoms with van der Waals surface area (Å²) in [5, 5.41) is 10.6. The molecule has 0 aliphatic rings. The number of methoxy groups -OCH3 is 1. The number of aromatic nitrogens is 2. The zero-order valence-corrected chi connectivity index (χ0v) is 20.8. The minimum absolute atomic E-state index is 0.0109. The molecule has 1 amide bonds. The van der Waals surface area contributed by atoms with E-state index in [2.05, 4.69) is 31.8 Å². The number of phenolic OH excluding ortho intramolecular Hbond substituents is 1. The average Bonchev–Trinajstić information content (AvgIpc) is 2.84. The van der Waals surface area contributed by atoms with Crippen LogP contribution in [0.3, 0.4) is 0 Å². The van der Waals surface area contributed by atoms with Crippen LogP contribution < -0.4 is 21.1 Å². The van der Waals surface area contributed by atoms with E-state index in [0.29, 0.717) is 38.8 Å². The highest BCUT2D eigenvalue weighted by Gasteiger charge is 2.14. The maximum absolute atomic E-state index is 13.4. The van der Waals surface area contributed by atoms with Crippen LogP contribution in [0.5, 0.6) is 11.5 Å². The first kappa shape index (κ1) is 24.5. The Morgan fingerprint density at radius 3 is 2.80 bits per heavy atom. The number of fused-ring (bicyclic) bond motifs is 1. The molecule has 0 spiro atoms. The van der Waals surface area contributed by atoms with E-state index >= 15 is 0 Å². The van der Waals surface area contributed by atoms with Gasteiger partial charge in [-0.25, -0.2) is 10.4 Å². The van der Waals surface area contributed by atoms with Gasteiger partial charge in [0, 0.05) is 15.6 Å². The number of nitrogens with zero attached hydrogens (tertiary/aromatic N) is 2. The van der Waals surface area contributed by atoms with Crippen LogP contribution in [0.1, 0.15) is 11.4 Å². The number of carbonyl (C=O) groups excluding carboxylic acids is 1. The van der Waals surface area contributed by atoms with E-state index in [4.69, 9.17) is 16.3 Å². The molecule has 178 valence electrons. The Morgan fingerprint density at radius 1 is 1.20 bits per heavy atom. The molecule has 10 heteroatoms. The number of hydrazine groups is 1. The van der Waals surface area contributed by atoms with Crippen molar-refractivity contribution < 1.29 is 14.6 Å². The van der Waals surface area contributed by atoms with E-state index in [1.165, 1.54) is 23.8 Å². The van der Waals surface area contributed by atoms with Gasteiger partial charge in [0.05, 0.1) is 30.2 Å². The second-order valence-electron chi connectivity index (χ2n) is 7.42. The Kier molecular flexibility index (Phi) is 7.50. The third-order valence-electron chi connectivity index (χ3n) is 5.06. The maximum Gasteiger partial charge on any atom is 0.266 e. The van der Waals surface area contributed by atoms with Crippen molar-refractivity contribution in [2.45, 2.75) is 6.54 Å². The minimum atomic E-state index is -0.418. The molecule has 0 atom stereocenters. The second kappa shape index (κ2) is 10.7. The number of amides is 1. The summed E-state index contributed by atoms with van der Waals surface area (Å²) in [4.78, 5) is 30.3. The summed E-state index contributed by atoms with van der Waals surface area (Å²) in [6.45, 7) is 0.0698. The first-order chi connectivity index (χ1) is 16.9. The second-order valence-corrected chi connectivity index (χ2v) is 8.77. The molecule has 8 nitrogen and oxygen atoms in total. The van der Waals surface area contributed by atoms with Gasteiger partial charge < -0.3 is 9.84 Å². The van der Waals surface area contributed by atoms with Crippen LogP contribution in [0.25, 0.3) is 22.7 Å². The fraction of sp³-hybridized carbons (Fsp3) is 0.0800. The molecule has 0 radical (unpaired) electrons. The molecule has 4 rings (SSSR count). The summed E-state index contributed by atoms with van der Waals surface area (Å²) in [7, 11) is 1.45. The van der Waals surface area contributed by atoms with Crippen LogP contribution in [0.2, 0.25) is 5.02 Å². The molecule has 0 saturated carbocycles. The summed E-state index contributed by atoms with van der Waals surface area (Å²) in [5.41, 5.74) is 6.88. The van der Waals surface area contributed by atoms with E-state index in [1.807, 2.05) is 0 Å². The standard InChI is InChI=1S/C25H20BrClN4O4/c1-35-22-11-15(5-9-21(22)32)6-10-24(33)30-28-14-23-29-20-8-7-16(26)12-19(20)25(34)31(23)18-4-2-3-17(27)13-18/h2-13,28,32H,14H2,1H3,(H,30,33)/b10-6+. The van der Waals surface area contributed by atoms with Gasteiger partial charge in [0.15, 0.2) is 11.5 Å². The van der Waals surface area contributed by atoms with E-state index in [-0.39, 0.29) is 17.9 Å². The minimum Gasteiger partial charge on any atom is -0.504 e. The number of rotatable bonds is 7. The quantitative estimate of drug-likeness (QED) is 0.231. The largest absolute Gasteiger partial charge is 0.504 e. The SMILES string of the molecule is COc1cc(/C=C/C(=O)NNCc2nc3ccc(Br)cc3c(=O)n2-c2cccc(Cl)c2)ccc1O. The van der Waals surface area contributed by atoms with Crippen molar-refractivity contribution in [2.24, 2.45) is 0 Å². The number of hydrogen-bond acceptors (Lipinski definition) is 6. The van der Waals surface area contributed by atoms with Crippen molar-refractivity contribution in [1.29, 1.82) is 0 Å². The Bertz CT molecular complexity index is 1500. The van der Waals surface area contributed by atoms with Crippen LogP contribution in [0.15, 0.2) is 76.0 Å². The predicted molar refractivity (Wildman–Crippen MR) is 139 cm³/mol. The lowest BCUT2D eigenvalue weighted by atomic mass is 10.2. The Labute approximate surface area is 213 Å². The molecule has 1 aromatic heterocycles. The van der Waals surface area contributed by atoms with E-state index in [9.17, 15) is 14.7 Å². The highest BCUT2D eigenvalue weighted by atomic mass is 79.9. The van der Waals surface area contributed by atoms with Gasteiger partial charge in [-0.2, -0.15) is 0 Å². The fourth-order valence-electron chi connectivity index (χ4n) is 3.43. The van der Waals surface area contributed by atoms with Gasteiger partial charge in [-0.05, 0) is 60.2 Å². The highest BCUT2D eigenvalue weighted by molar-refractivity contribution is 9.10. The number of nitrogens with one attached hydrogen (secondary N) is 2. The number of aromatic hydroxyl groups is 1. The number of phenols is 1. The Morgan fingerprint density at radius 2 is 2.03 bits per heavy atom. The summed E-state index contributed by atoms with van der Waals surface area (Å²) < 4.78 is 7.28. The first-order valence-electron chi connectivity index (χ1n) is 10.4. The molecule has 1 heterocycles. The van der Waals surface area contributed by atoms with Gasteiger partial charge in [0.25, 0.3) is 11.5 Å². The molecule has 0 unspecified atom stereocenters. The monoisotopic (exact) mass is 554 g/mol. The normalized spacial score (nSPS) is 11.2. The third-order valence-corrected chi connectivity index (χ3v) is 5.78. The molecule has 35 heavy (non-hydrogen) atoms. The molecular weight excluding hydrogens is 536 g/mol.